The van der Waals surface area contributed by atoms with E-state index in [-0.39, 0.29) is 22.5 Å². The maximum absolute atomic E-state index is 11.0. The minimum atomic E-state index is -0.429. The number of ether oxygens (including phenoxy) is 1. The summed E-state index contributed by atoms with van der Waals surface area (Å²) in [4.78, 5) is 0. The quantitative estimate of drug-likeness (QED) is 0.906. The first-order chi connectivity index (χ1) is 9.06. The third-order valence-electron chi connectivity index (χ3n) is 4.78. The zero-order chi connectivity index (χ0) is 15.2. The number of benzene rings is 1. The Morgan fingerprint density at radius 3 is 2.15 bits per heavy atom. The first kappa shape index (κ1) is 15.5. The Labute approximate surface area is 123 Å². The molecule has 0 amide bonds. The number of aliphatic hydroxyl groups excluding tert-OH is 1. The first-order valence-electron chi connectivity index (χ1n) is 7.50. The van der Waals surface area contributed by atoms with Gasteiger partial charge in [0.25, 0.3) is 0 Å². The Morgan fingerprint density at radius 1 is 1.15 bits per heavy atom. The molecule has 2 rings (SSSR count). The van der Waals surface area contributed by atoms with Crippen LogP contribution < -0.4 is 0 Å². The van der Waals surface area contributed by atoms with E-state index in [1.165, 1.54) is 5.56 Å². The molecular weight excluding hydrogens is 248 g/mol. The third kappa shape index (κ3) is 2.77. The van der Waals surface area contributed by atoms with E-state index in [1.807, 2.05) is 18.2 Å². The molecule has 112 valence electrons. The monoisotopic (exact) mass is 276 g/mol. The van der Waals surface area contributed by atoms with Crippen molar-refractivity contribution in [3.05, 3.63) is 35.9 Å². The zero-order valence-electron chi connectivity index (χ0n) is 13.6. The molecule has 0 bridgehead atoms. The van der Waals surface area contributed by atoms with Gasteiger partial charge in [-0.15, -0.1) is 0 Å². The molecule has 0 spiro atoms. The van der Waals surface area contributed by atoms with Crippen molar-refractivity contribution in [2.75, 3.05) is 0 Å². The Morgan fingerprint density at radius 2 is 1.70 bits per heavy atom. The summed E-state index contributed by atoms with van der Waals surface area (Å²) in [6, 6.07) is 10.3. The molecule has 2 unspecified atom stereocenters. The molecule has 1 saturated heterocycles. The van der Waals surface area contributed by atoms with Crippen LogP contribution in [0, 0.1) is 5.92 Å². The molecule has 1 aromatic rings. The minimum absolute atomic E-state index is 0.132. The molecule has 0 aliphatic carbocycles. The molecule has 1 aliphatic heterocycles. The van der Waals surface area contributed by atoms with Crippen molar-refractivity contribution in [3.8, 4) is 0 Å². The second-order valence-electron chi connectivity index (χ2n) is 7.81. The predicted octanol–water partition coefficient (Wildman–Crippen LogP) is 3.92. The second-order valence-corrected chi connectivity index (χ2v) is 7.81. The van der Waals surface area contributed by atoms with Crippen LogP contribution in [0.3, 0.4) is 0 Å². The topological polar surface area (TPSA) is 29.5 Å². The zero-order valence-corrected chi connectivity index (χ0v) is 13.6. The fourth-order valence-corrected chi connectivity index (χ4v) is 3.64. The summed E-state index contributed by atoms with van der Waals surface area (Å²) in [5.74, 6) is 0.132. The summed E-state index contributed by atoms with van der Waals surface area (Å²) >= 11 is 0. The number of hydrogen-bond donors (Lipinski definition) is 1. The lowest BCUT2D eigenvalue weighted by atomic mass is 9.69. The van der Waals surface area contributed by atoms with Gasteiger partial charge in [0.2, 0.25) is 0 Å². The van der Waals surface area contributed by atoms with Gasteiger partial charge in [0.1, 0.15) is 0 Å². The lowest BCUT2D eigenvalue weighted by Gasteiger charge is -2.39. The van der Waals surface area contributed by atoms with E-state index in [2.05, 4.69) is 53.7 Å². The maximum Gasteiger partial charge on any atom is 0.0687 e. The van der Waals surface area contributed by atoms with Gasteiger partial charge in [-0.25, -0.2) is 0 Å². The largest absolute Gasteiger partial charge is 0.392 e. The summed E-state index contributed by atoms with van der Waals surface area (Å²) in [5.41, 5.74) is 0.428. The van der Waals surface area contributed by atoms with Gasteiger partial charge >= 0.3 is 0 Å². The van der Waals surface area contributed by atoms with E-state index in [4.69, 9.17) is 4.74 Å². The van der Waals surface area contributed by atoms with Crippen molar-refractivity contribution >= 4 is 0 Å². The Hall–Kier alpha value is -0.860. The van der Waals surface area contributed by atoms with E-state index in [9.17, 15) is 5.11 Å². The van der Waals surface area contributed by atoms with Crippen molar-refractivity contribution in [3.63, 3.8) is 0 Å². The number of hydrogen-bond acceptors (Lipinski definition) is 2. The van der Waals surface area contributed by atoms with Crippen LogP contribution in [0.5, 0.6) is 0 Å². The van der Waals surface area contributed by atoms with Gasteiger partial charge in [0.05, 0.1) is 17.3 Å². The highest BCUT2D eigenvalue weighted by atomic mass is 16.5. The van der Waals surface area contributed by atoms with Gasteiger partial charge in [-0.05, 0) is 39.7 Å². The summed E-state index contributed by atoms with van der Waals surface area (Å²) in [5, 5.41) is 11.0. The predicted molar refractivity (Wildman–Crippen MR) is 82.8 cm³/mol. The Kier molecular flexibility index (Phi) is 3.77. The molecule has 20 heavy (non-hydrogen) atoms. The molecule has 2 atom stereocenters. The van der Waals surface area contributed by atoms with Gasteiger partial charge in [0.15, 0.2) is 0 Å². The van der Waals surface area contributed by atoms with Crippen LogP contribution in [0.2, 0.25) is 0 Å². The number of rotatable bonds is 3. The summed E-state index contributed by atoms with van der Waals surface area (Å²) in [6.45, 7) is 12.6. The van der Waals surface area contributed by atoms with Crippen molar-refractivity contribution in [1.29, 1.82) is 0 Å². The van der Waals surface area contributed by atoms with Crippen LogP contribution in [0.1, 0.15) is 53.5 Å². The van der Waals surface area contributed by atoms with Gasteiger partial charge in [0, 0.05) is 11.3 Å². The van der Waals surface area contributed by atoms with Crippen molar-refractivity contribution in [1.82, 2.24) is 0 Å². The molecule has 1 aliphatic rings. The van der Waals surface area contributed by atoms with Crippen LogP contribution in [0.25, 0.3) is 0 Å². The molecule has 2 heteroatoms. The highest BCUT2D eigenvalue weighted by molar-refractivity contribution is 5.26. The van der Waals surface area contributed by atoms with Crippen molar-refractivity contribution in [2.24, 2.45) is 5.92 Å². The lowest BCUT2D eigenvalue weighted by molar-refractivity contribution is -0.0947. The second kappa shape index (κ2) is 4.85. The molecule has 1 N–H and O–H groups in total. The van der Waals surface area contributed by atoms with E-state index in [0.717, 1.165) is 6.42 Å². The van der Waals surface area contributed by atoms with E-state index >= 15 is 0 Å². The molecule has 0 radical (unpaired) electrons. The average molecular weight is 276 g/mol. The normalized spacial score (nSPS) is 26.4. The third-order valence-corrected chi connectivity index (χ3v) is 4.78. The maximum atomic E-state index is 11.0. The van der Waals surface area contributed by atoms with Crippen LogP contribution in [-0.2, 0) is 10.2 Å². The highest BCUT2D eigenvalue weighted by Gasteiger charge is 2.52. The fraction of sp³-hybridized carbons (Fsp3) is 0.667. The smallest absolute Gasteiger partial charge is 0.0687 e. The van der Waals surface area contributed by atoms with Crippen LogP contribution >= 0.6 is 0 Å². The van der Waals surface area contributed by atoms with Gasteiger partial charge in [-0.2, -0.15) is 0 Å². The molecule has 1 fully saturated rings. The van der Waals surface area contributed by atoms with E-state index < -0.39 is 6.10 Å². The lowest BCUT2D eigenvalue weighted by Crippen LogP contribution is -2.46. The average Bonchev–Trinajstić information content (AvgIpc) is 2.57. The number of aliphatic hydroxyl groups is 1. The van der Waals surface area contributed by atoms with E-state index in [1.54, 1.807) is 0 Å². The first-order valence-corrected chi connectivity index (χ1v) is 7.50. The summed E-state index contributed by atoms with van der Waals surface area (Å²) in [6.07, 6.45) is 0.457. The van der Waals surface area contributed by atoms with Gasteiger partial charge < -0.3 is 9.84 Å². The van der Waals surface area contributed by atoms with Crippen LogP contribution in [-0.4, -0.2) is 22.4 Å². The Balaban J connectivity index is 2.29. The molecule has 1 heterocycles. The van der Waals surface area contributed by atoms with Crippen LogP contribution in [0.15, 0.2) is 30.3 Å². The molecule has 0 aromatic heterocycles. The van der Waals surface area contributed by atoms with E-state index in [0.29, 0.717) is 0 Å². The summed E-state index contributed by atoms with van der Waals surface area (Å²) < 4.78 is 6.14. The standard InChI is InChI=1S/C18H28O2/c1-16(2)12-14(18(5,6)20-16)15(19)17(3,4)13-10-8-7-9-11-13/h7-11,14-15,19H,12H2,1-6H3. The molecule has 0 saturated carbocycles. The minimum Gasteiger partial charge on any atom is -0.392 e. The molecule has 1 aromatic carbocycles. The molecular formula is C18H28O2. The highest BCUT2D eigenvalue weighted by Crippen LogP contribution is 2.47. The van der Waals surface area contributed by atoms with Gasteiger partial charge in [-0.3, -0.25) is 0 Å². The SMILES string of the molecule is CC1(C)CC(C(O)C(C)(C)c2ccccc2)C(C)(C)O1. The molecule has 2 nitrogen and oxygen atoms in total. The Bertz CT molecular complexity index is 460. The van der Waals surface area contributed by atoms with Crippen LogP contribution in [0.4, 0.5) is 0 Å². The van der Waals surface area contributed by atoms with Crippen molar-refractivity contribution < 1.29 is 9.84 Å². The van der Waals surface area contributed by atoms with Gasteiger partial charge in [-0.1, -0.05) is 44.2 Å². The van der Waals surface area contributed by atoms with Crippen molar-refractivity contribution in [2.45, 2.75) is 70.7 Å². The fourth-order valence-electron chi connectivity index (χ4n) is 3.64. The summed E-state index contributed by atoms with van der Waals surface area (Å²) in [7, 11) is 0.